The number of amides is 1. The number of likely N-dealkylation sites (N-methyl/N-ethyl adjacent to an activating group) is 1. The normalized spacial score (nSPS) is 12.1. The number of aromatic nitrogens is 2. The Morgan fingerprint density at radius 3 is 2.45 bits per heavy atom. The Morgan fingerprint density at radius 2 is 1.84 bits per heavy atom. The molecule has 6 N–H and O–H groups in total. The molecular formula is C26H33F3N8O. The molecule has 204 valence electrons. The lowest BCUT2D eigenvalue weighted by molar-refractivity contribution is -0.137. The van der Waals surface area contributed by atoms with Crippen LogP contribution < -0.4 is 27.2 Å². The summed E-state index contributed by atoms with van der Waals surface area (Å²) in [6.07, 6.45) is -1.43. The maximum atomic E-state index is 13.5. The quantitative estimate of drug-likeness (QED) is 0.245. The monoisotopic (exact) mass is 530 g/mol. The predicted molar refractivity (Wildman–Crippen MR) is 144 cm³/mol. The lowest BCUT2D eigenvalue weighted by Gasteiger charge is -2.19. The van der Waals surface area contributed by atoms with Gasteiger partial charge in [0.05, 0.1) is 23.1 Å². The number of benzene rings is 2. The van der Waals surface area contributed by atoms with Gasteiger partial charge in [0.2, 0.25) is 0 Å². The Labute approximate surface area is 219 Å². The van der Waals surface area contributed by atoms with Crippen LogP contribution in [0.25, 0.3) is 5.70 Å². The average molecular weight is 531 g/mol. The fourth-order valence-corrected chi connectivity index (χ4v) is 3.69. The second-order valence-corrected chi connectivity index (χ2v) is 9.24. The van der Waals surface area contributed by atoms with Gasteiger partial charge >= 0.3 is 6.18 Å². The topological polar surface area (TPSA) is 117 Å². The summed E-state index contributed by atoms with van der Waals surface area (Å²) >= 11 is 0. The summed E-state index contributed by atoms with van der Waals surface area (Å²) in [5.74, 6) is 5.57. The van der Waals surface area contributed by atoms with E-state index >= 15 is 0 Å². The number of hydrogen-bond acceptors (Lipinski definition) is 7. The first kappa shape index (κ1) is 28.5. The summed E-state index contributed by atoms with van der Waals surface area (Å²) in [6, 6.07) is 8.22. The standard InChI is InChI=1S/C26H33F3N8O/c1-16-6-7-20(13-24(16)37(31)15-23(30)22-14-33-36(5)17(22)2)34-25(38)18-10-19(26(27,28)29)12-21(11-18)32-8-9-35(3)4/h6-7,10-15,32H,8-9,30-31H2,1-5H3,(H,34,38)/b23-15-. The van der Waals surface area contributed by atoms with Crippen molar-refractivity contribution in [3.8, 4) is 0 Å². The van der Waals surface area contributed by atoms with Crippen molar-refractivity contribution in [3.05, 3.63) is 76.7 Å². The number of rotatable bonds is 9. The molecule has 0 radical (unpaired) electrons. The number of nitrogens with two attached hydrogens (primary N) is 2. The third-order valence-corrected chi connectivity index (χ3v) is 5.98. The smallest absolute Gasteiger partial charge is 0.397 e. The number of halogens is 3. The Bertz CT molecular complexity index is 1330. The van der Waals surface area contributed by atoms with Crippen molar-refractivity contribution in [2.45, 2.75) is 20.0 Å². The molecule has 0 aliphatic rings. The van der Waals surface area contributed by atoms with Crippen LogP contribution in [0, 0.1) is 13.8 Å². The van der Waals surface area contributed by atoms with Crippen molar-refractivity contribution in [1.82, 2.24) is 14.7 Å². The first-order valence-corrected chi connectivity index (χ1v) is 11.8. The van der Waals surface area contributed by atoms with E-state index < -0.39 is 17.6 Å². The second kappa shape index (κ2) is 11.6. The first-order valence-electron chi connectivity index (χ1n) is 11.8. The van der Waals surface area contributed by atoms with Crippen LogP contribution >= 0.6 is 0 Å². The summed E-state index contributed by atoms with van der Waals surface area (Å²) < 4.78 is 42.2. The third kappa shape index (κ3) is 7.05. The number of anilines is 3. The zero-order valence-corrected chi connectivity index (χ0v) is 22.0. The van der Waals surface area contributed by atoms with E-state index in [1.54, 1.807) is 36.1 Å². The van der Waals surface area contributed by atoms with Crippen LogP contribution in [0.4, 0.5) is 30.2 Å². The molecule has 2 aromatic carbocycles. The first-order chi connectivity index (χ1) is 17.8. The predicted octanol–water partition coefficient (Wildman–Crippen LogP) is 3.92. The van der Waals surface area contributed by atoms with E-state index in [1.165, 1.54) is 17.3 Å². The SMILES string of the molecule is Cc1ccc(NC(=O)c2cc(NCCN(C)C)cc(C(F)(F)F)c2)cc1N(N)/C=C(\N)c1cnn(C)c1C. The zero-order valence-electron chi connectivity index (χ0n) is 22.0. The number of hydrogen-bond donors (Lipinski definition) is 4. The Balaban J connectivity index is 1.85. The molecule has 1 aromatic heterocycles. The maximum absolute atomic E-state index is 13.5. The number of nitrogens with zero attached hydrogens (tertiary/aromatic N) is 4. The van der Waals surface area contributed by atoms with E-state index in [-0.39, 0.29) is 11.3 Å². The van der Waals surface area contributed by atoms with Crippen LogP contribution in [-0.4, -0.2) is 47.8 Å². The molecule has 0 saturated heterocycles. The molecule has 0 spiro atoms. The van der Waals surface area contributed by atoms with E-state index in [1.807, 2.05) is 32.8 Å². The molecule has 0 bridgehead atoms. The van der Waals surface area contributed by atoms with E-state index in [0.717, 1.165) is 29.0 Å². The largest absolute Gasteiger partial charge is 0.416 e. The van der Waals surface area contributed by atoms with Gasteiger partial charge in [0.1, 0.15) is 0 Å². The van der Waals surface area contributed by atoms with E-state index in [9.17, 15) is 18.0 Å². The molecule has 0 aliphatic heterocycles. The Kier molecular flexibility index (Phi) is 8.69. The lowest BCUT2D eigenvalue weighted by atomic mass is 10.1. The number of carbonyl (C=O) groups is 1. The highest BCUT2D eigenvalue weighted by Crippen LogP contribution is 2.32. The van der Waals surface area contributed by atoms with Gasteiger partial charge in [-0.25, -0.2) is 5.84 Å². The van der Waals surface area contributed by atoms with Crippen molar-refractivity contribution in [1.29, 1.82) is 0 Å². The molecule has 38 heavy (non-hydrogen) atoms. The molecule has 0 saturated carbocycles. The number of nitrogens with one attached hydrogen (secondary N) is 2. The third-order valence-electron chi connectivity index (χ3n) is 5.98. The highest BCUT2D eigenvalue weighted by molar-refractivity contribution is 6.05. The molecule has 0 unspecified atom stereocenters. The highest BCUT2D eigenvalue weighted by Gasteiger charge is 2.32. The summed E-state index contributed by atoms with van der Waals surface area (Å²) in [6.45, 7) is 4.73. The fourth-order valence-electron chi connectivity index (χ4n) is 3.69. The molecule has 1 amide bonds. The summed E-state index contributed by atoms with van der Waals surface area (Å²) in [4.78, 5) is 14.9. The van der Waals surface area contributed by atoms with Crippen LogP contribution in [0.2, 0.25) is 0 Å². The lowest BCUT2D eigenvalue weighted by Crippen LogP contribution is -2.26. The van der Waals surface area contributed by atoms with Gasteiger partial charge in [-0.1, -0.05) is 6.07 Å². The van der Waals surface area contributed by atoms with E-state index in [0.29, 0.717) is 30.2 Å². The Morgan fingerprint density at radius 1 is 1.13 bits per heavy atom. The molecule has 3 aromatic rings. The number of alkyl halides is 3. The molecule has 3 rings (SSSR count). The molecule has 0 fully saturated rings. The van der Waals surface area contributed by atoms with E-state index in [4.69, 9.17) is 11.6 Å². The molecule has 1 heterocycles. The van der Waals surface area contributed by atoms with Crippen molar-refractivity contribution in [2.75, 3.05) is 42.8 Å². The van der Waals surface area contributed by atoms with Gasteiger partial charge in [-0.2, -0.15) is 18.3 Å². The highest BCUT2D eigenvalue weighted by atomic mass is 19.4. The molecule has 0 aliphatic carbocycles. The number of carbonyl (C=O) groups excluding carboxylic acids is 1. The molecule has 0 atom stereocenters. The summed E-state index contributed by atoms with van der Waals surface area (Å²) in [5.41, 5.74) is 9.06. The van der Waals surface area contributed by atoms with Gasteiger partial charge in [-0.05, 0) is 63.8 Å². The maximum Gasteiger partial charge on any atom is 0.416 e. The van der Waals surface area contributed by atoms with Crippen LogP contribution in [0.15, 0.2) is 48.8 Å². The second-order valence-electron chi connectivity index (χ2n) is 9.24. The van der Waals surface area contributed by atoms with E-state index in [2.05, 4.69) is 15.7 Å². The van der Waals surface area contributed by atoms with Crippen molar-refractivity contribution < 1.29 is 18.0 Å². The van der Waals surface area contributed by atoms with Gasteiger partial charge in [-0.3, -0.25) is 14.5 Å². The van der Waals surface area contributed by atoms with Crippen LogP contribution in [0.5, 0.6) is 0 Å². The van der Waals surface area contributed by atoms with Crippen LogP contribution in [0.3, 0.4) is 0 Å². The van der Waals surface area contributed by atoms with Gasteiger partial charge in [-0.15, -0.1) is 0 Å². The minimum Gasteiger partial charge on any atom is -0.397 e. The van der Waals surface area contributed by atoms with Crippen molar-refractivity contribution >= 4 is 28.7 Å². The minimum absolute atomic E-state index is 0.130. The van der Waals surface area contributed by atoms with Gasteiger partial charge in [0.25, 0.3) is 5.91 Å². The van der Waals surface area contributed by atoms with Crippen LogP contribution in [0.1, 0.15) is 32.7 Å². The molecular weight excluding hydrogens is 497 g/mol. The van der Waals surface area contributed by atoms with Crippen molar-refractivity contribution in [2.24, 2.45) is 18.6 Å². The van der Waals surface area contributed by atoms with Crippen LogP contribution in [-0.2, 0) is 13.2 Å². The summed E-state index contributed by atoms with van der Waals surface area (Å²) in [5, 5.41) is 11.1. The van der Waals surface area contributed by atoms with Gasteiger partial charge in [0, 0.05) is 54.5 Å². The fraction of sp³-hybridized carbons (Fsp3) is 0.308. The number of hydrazine groups is 1. The van der Waals surface area contributed by atoms with Gasteiger partial charge in [0.15, 0.2) is 0 Å². The van der Waals surface area contributed by atoms with Gasteiger partial charge < -0.3 is 21.3 Å². The Hall–Kier alpha value is -4.03. The minimum atomic E-state index is -4.61. The summed E-state index contributed by atoms with van der Waals surface area (Å²) in [7, 11) is 5.51. The molecule has 12 heteroatoms. The van der Waals surface area contributed by atoms with Crippen molar-refractivity contribution in [3.63, 3.8) is 0 Å². The number of aryl methyl sites for hydroxylation is 2. The average Bonchev–Trinajstić information content (AvgIpc) is 3.17. The molecule has 9 nitrogen and oxygen atoms in total. The zero-order chi connectivity index (χ0) is 28.2.